The molecular weight excluding hydrogens is 182 g/mol. The Morgan fingerprint density at radius 1 is 1.21 bits per heavy atom. The highest BCUT2D eigenvalue weighted by Gasteiger charge is 2.28. The lowest BCUT2D eigenvalue weighted by atomic mass is 9.99. The van der Waals surface area contributed by atoms with Gasteiger partial charge in [-0.15, -0.1) is 0 Å². The van der Waals surface area contributed by atoms with Gasteiger partial charge in [-0.2, -0.15) is 0 Å². The molecule has 4 nitrogen and oxygen atoms in total. The van der Waals surface area contributed by atoms with Crippen molar-refractivity contribution in [1.82, 2.24) is 5.32 Å². The maximum absolute atomic E-state index is 11.4. The SMILES string of the molecule is O=C1NC(=O)C(c2ccccc2)CO1. The zero-order valence-electron chi connectivity index (χ0n) is 7.40. The van der Waals surface area contributed by atoms with Crippen LogP contribution in [0, 0.1) is 0 Å². The first-order valence-corrected chi connectivity index (χ1v) is 4.30. The largest absolute Gasteiger partial charge is 0.448 e. The third kappa shape index (κ3) is 1.59. The van der Waals surface area contributed by atoms with Gasteiger partial charge in [0.1, 0.15) is 6.61 Å². The summed E-state index contributed by atoms with van der Waals surface area (Å²) in [6.07, 6.45) is -0.665. The Kier molecular flexibility index (Phi) is 2.18. The number of carbonyl (C=O) groups excluding carboxylic acids is 2. The highest BCUT2D eigenvalue weighted by Crippen LogP contribution is 2.18. The summed E-state index contributed by atoms with van der Waals surface area (Å²) >= 11 is 0. The van der Waals surface area contributed by atoms with Crippen molar-refractivity contribution in [1.29, 1.82) is 0 Å². The molecular formula is C10H9NO3. The van der Waals surface area contributed by atoms with Crippen LogP contribution in [-0.2, 0) is 9.53 Å². The number of benzene rings is 1. The van der Waals surface area contributed by atoms with Gasteiger partial charge in [0.15, 0.2) is 0 Å². The van der Waals surface area contributed by atoms with Crippen molar-refractivity contribution in [2.75, 3.05) is 6.61 Å². The van der Waals surface area contributed by atoms with E-state index in [1.165, 1.54) is 0 Å². The van der Waals surface area contributed by atoms with Gasteiger partial charge in [-0.3, -0.25) is 10.1 Å². The first-order chi connectivity index (χ1) is 6.77. The third-order valence-corrected chi connectivity index (χ3v) is 2.12. The standard InChI is InChI=1S/C10H9NO3/c12-9-8(6-14-10(13)11-9)7-4-2-1-3-5-7/h1-5,8H,6H2,(H,11,12,13). The zero-order chi connectivity index (χ0) is 9.97. The lowest BCUT2D eigenvalue weighted by molar-refractivity contribution is -0.124. The lowest BCUT2D eigenvalue weighted by Crippen LogP contribution is -2.42. The fourth-order valence-electron chi connectivity index (χ4n) is 1.39. The molecule has 4 heteroatoms. The van der Waals surface area contributed by atoms with Crippen molar-refractivity contribution in [3.63, 3.8) is 0 Å². The molecule has 2 amide bonds. The van der Waals surface area contributed by atoms with Crippen LogP contribution < -0.4 is 5.32 Å². The van der Waals surface area contributed by atoms with E-state index in [1.807, 2.05) is 30.3 Å². The second kappa shape index (κ2) is 3.49. The minimum Gasteiger partial charge on any atom is -0.448 e. The molecule has 0 spiro atoms. The maximum atomic E-state index is 11.4. The molecule has 0 radical (unpaired) electrons. The summed E-state index contributed by atoms with van der Waals surface area (Å²) in [7, 11) is 0. The van der Waals surface area contributed by atoms with Crippen molar-refractivity contribution in [2.45, 2.75) is 5.92 Å². The first-order valence-electron chi connectivity index (χ1n) is 4.30. The molecule has 0 bridgehead atoms. The molecule has 1 saturated heterocycles. The molecule has 1 fully saturated rings. The first kappa shape index (κ1) is 8.74. The van der Waals surface area contributed by atoms with E-state index in [2.05, 4.69) is 5.32 Å². The Morgan fingerprint density at radius 3 is 2.57 bits per heavy atom. The van der Waals surface area contributed by atoms with E-state index in [0.29, 0.717) is 0 Å². The van der Waals surface area contributed by atoms with E-state index in [9.17, 15) is 9.59 Å². The normalized spacial score (nSPS) is 21.3. The number of imide groups is 1. The molecule has 14 heavy (non-hydrogen) atoms. The summed E-state index contributed by atoms with van der Waals surface area (Å²) in [5, 5.41) is 2.13. The summed E-state index contributed by atoms with van der Waals surface area (Å²) in [5.74, 6) is -0.679. The van der Waals surface area contributed by atoms with E-state index in [4.69, 9.17) is 4.74 Å². The van der Waals surface area contributed by atoms with Gasteiger partial charge in [0.25, 0.3) is 0 Å². The fraction of sp³-hybridized carbons (Fsp3) is 0.200. The van der Waals surface area contributed by atoms with E-state index in [-0.39, 0.29) is 18.4 Å². The Labute approximate surface area is 80.9 Å². The summed E-state index contributed by atoms with van der Waals surface area (Å²) in [6.45, 7) is 0.120. The number of cyclic esters (lactones) is 1. The van der Waals surface area contributed by atoms with Crippen molar-refractivity contribution < 1.29 is 14.3 Å². The highest BCUT2D eigenvalue weighted by molar-refractivity contribution is 5.97. The van der Waals surface area contributed by atoms with Crippen LogP contribution in [0.2, 0.25) is 0 Å². The van der Waals surface area contributed by atoms with Gasteiger partial charge in [-0.25, -0.2) is 4.79 Å². The molecule has 1 aromatic rings. The third-order valence-electron chi connectivity index (χ3n) is 2.12. The van der Waals surface area contributed by atoms with Crippen LogP contribution in [0.25, 0.3) is 0 Å². The van der Waals surface area contributed by atoms with Gasteiger partial charge in [0, 0.05) is 0 Å². The van der Waals surface area contributed by atoms with Crippen LogP contribution in [0.4, 0.5) is 4.79 Å². The lowest BCUT2D eigenvalue weighted by Gasteiger charge is -2.21. The number of carbonyl (C=O) groups is 2. The number of nitrogens with one attached hydrogen (secondary N) is 1. The van der Waals surface area contributed by atoms with Gasteiger partial charge in [0.2, 0.25) is 5.91 Å². The molecule has 1 unspecified atom stereocenters. The Bertz CT molecular complexity index is 361. The van der Waals surface area contributed by atoms with E-state index in [1.54, 1.807) is 0 Å². The van der Waals surface area contributed by atoms with Crippen LogP contribution in [0.15, 0.2) is 30.3 Å². The summed E-state index contributed by atoms with van der Waals surface area (Å²) in [4.78, 5) is 22.1. The molecule has 1 aliphatic heterocycles. The quantitative estimate of drug-likeness (QED) is 0.721. The molecule has 0 aliphatic carbocycles. The number of hydrogen-bond donors (Lipinski definition) is 1. The van der Waals surface area contributed by atoms with Crippen LogP contribution in [-0.4, -0.2) is 18.6 Å². The van der Waals surface area contributed by atoms with Crippen molar-refractivity contribution in [2.24, 2.45) is 0 Å². The second-order valence-corrected chi connectivity index (χ2v) is 3.05. The molecule has 2 rings (SSSR count). The Hall–Kier alpha value is -1.84. The minimum absolute atomic E-state index is 0.120. The molecule has 72 valence electrons. The van der Waals surface area contributed by atoms with E-state index in [0.717, 1.165) is 5.56 Å². The molecule has 0 aromatic heterocycles. The van der Waals surface area contributed by atoms with Gasteiger partial charge >= 0.3 is 6.09 Å². The average molecular weight is 191 g/mol. The highest BCUT2D eigenvalue weighted by atomic mass is 16.6. The topological polar surface area (TPSA) is 55.4 Å². The minimum atomic E-state index is -0.665. The fourth-order valence-corrected chi connectivity index (χ4v) is 1.39. The molecule has 1 aromatic carbocycles. The summed E-state index contributed by atoms with van der Waals surface area (Å²) in [5.41, 5.74) is 0.859. The van der Waals surface area contributed by atoms with E-state index >= 15 is 0 Å². The van der Waals surface area contributed by atoms with Gasteiger partial charge in [-0.1, -0.05) is 30.3 Å². The summed E-state index contributed by atoms with van der Waals surface area (Å²) < 4.78 is 4.74. The van der Waals surface area contributed by atoms with Gasteiger partial charge in [0.05, 0.1) is 5.92 Å². The number of rotatable bonds is 1. The molecule has 1 atom stereocenters. The zero-order valence-corrected chi connectivity index (χ0v) is 7.40. The predicted octanol–water partition coefficient (Wildman–Crippen LogP) is 1.04. The van der Waals surface area contributed by atoms with Crippen LogP contribution in [0.1, 0.15) is 11.5 Å². The van der Waals surface area contributed by atoms with Crippen molar-refractivity contribution in [3.05, 3.63) is 35.9 Å². The molecule has 1 heterocycles. The number of alkyl carbamates (subject to hydrolysis) is 1. The molecule has 0 saturated carbocycles. The van der Waals surface area contributed by atoms with Crippen LogP contribution in [0.3, 0.4) is 0 Å². The molecule has 1 N–H and O–H groups in total. The average Bonchev–Trinajstić information content (AvgIpc) is 2.19. The van der Waals surface area contributed by atoms with Crippen molar-refractivity contribution >= 4 is 12.0 Å². The maximum Gasteiger partial charge on any atom is 0.413 e. The number of ether oxygens (including phenoxy) is 1. The Morgan fingerprint density at radius 2 is 1.93 bits per heavy atom. The van der Waals surface area contributed by atoms with E-state index < -0.39 is 6.09 Å². The second-order valence-electron chi connectivity index (χ2n) is 3.05. The summed E-state index contributed by atoms with van der Waals surface area (Å²) in [6, 6.07) is 9.24. The smallest absolute Gasteiger partial charge is 0.413 e. The number of hydrogen-bond acceptors (Lipinski definition) is 3. The van der Waals surface area contributed by atoms with Crippen LogP contribution in [0.5, 0.6) is 0 Å². The number of amides is 2. The van der Waals surface area contributed by atoms with Gasteiger partial charge < -0.3 is 4.74 Å². The monoisotopic (exact) mass is 191 g/mol. The Balaban J connectivity index is 2.20. The predicted molar refractivity (Wildman–Crippen MR) is 48.7 cm³/mol. The van der Waals surface area contributed by atoms with Crippen LogP contribution >= 0.6 is 0 Å². The van der Waals surface area contributed by atoms with Crippen molar-refractivity contribution in [3.8, 4) is 0 Å². The molecule has 1 aliphatic rings. The van der Waals surface area contributed by atoms with Gasteiger partial charge in [-0.05, 0) is 5.56 Å².